The second-order valence-electron chi connectivity index (χ2n) is 5.40. The molecule has 0 saturated carbocycles. The van der Waals surface area contributed by atoms with Gasteiger partial charge in [0.25, 0.3) is 0 Å². The van der Waals surface area contributed by atoms with Gasteiger partial charge in [0.15, 0.2) is 5.58 Å². The molecule has 0 aliphatic rings. The van der Waals surface area contributed by atoms with Gasteiger partial charge in [0.2, 0.25) is 5.91 Å². The van der Waals surface area contributed by atoms with E-state index in [4.69, 9.17) is 8.83 Å². The van der Waals surface area contributed by atoms with Gasteiger partial charge in [0, 0.05) is 13.0 Å². The molecule has 0 spiro atoms. The fourth-order valence-electron chi connectivity index (χ4n) is 2.55. The summed E-state index contributed by atoms with van der Waals surface area (Å²) in [6, 6.07) is 10.7. The minimum atomic E-state index is -0.393. The zero-order valence-corrected chi connectivity index (χ0v) is 12.8. The number of carbonyl (C=O) groups excluding carboxylic acids is 1. The molecule has 3 rings (SSSR count). The molecule has 3 aromatic rings. The molecule has 0 aliphatic heterocycles. The number of fused-ring (bicyclic) bond motifs is 1. The van der Waals surface area contributed by atoms with Crippen LogP contribution in [0.5, 0.6) is 0 Å². The Kier molecular flexibility index (Phi) is 4.32. The zero-order valence-electron chi connectivity index (χ0n) is 12.8. The number of para-hydroxylation sites is 2. The second kappa shape index (κ2) is 6.56. The summed E-state index contributed by atoms with van der Waals surface area (Å²) in [4.78, 5) is 23.8. The monoisotopic (exact) mass is 314 g/mol. The number of oxazole rings is 1. The van der Waals surface area contributed by atoms with Crippen LogP contribution in [0.25, 0.3) is 11.1 Å². The van der Waals surface area contributed by atoms with Gasteiger partial charge in [-0.2, -0.15) is 0 Å². The lowest BCUT2D eigenvalue weighted by molar-refractivity contribution is -0.122. The van der Waals surface area contributed by atoms with E-state index in [2.05, 4.69) is 5.32 Å². The molecule has 6 heteroatoms. The van der Waals surface area contributed by atoms with Gasteiger partial charge in [-0.05, 0) is 37.6 Å². The molecule has 2 heterocycles. The highest BCUT2D eigenvalue weighted by molar-refractivity contribution is 5.76. The van der Waals surface area contributed by atoms with Crippen LogP contribution in [0.4, 0.5) is 0 Å². The van der Waals surface area contributed by atoms with Gasteiger partial charge in [-0.25, -0.2) is 4.79 Å². The molecular weight excluding hydrogens is 296 g/mol. The van der Waals surface area contributed by atoms with Crippen LogP contribution in [0.15, 0.2) is 56.3 Å². The van der Waals surface area contributed by atoms with Crippen molar-refractivity contribution in [2.45, 2.75) is 32.4 Å². The number of rotatable bonds is 6. The summed E-state index contributed by atoms with van der Waals surface area (Å²) in [7, 11) is 0. The fourth-order valence-corrected chi connectivity index (χ4v) is 2.55. The van der Waals surface area contributed by atoms with Crippen molar-refractivity contribution < 1.29 is 13.6 Å². The molecule has 0 bridgehead atoms. The van der Waals surface area contributed by atoms with E-state index in [9.17, 15) is 9.59 Å². The summed E-state index contributed by atoms with van der Waals surface area (Å²) in [6.45, 7) is 2.31. The summed E-state index contributed by atoms with van der Waals surface area (Å²) >= 11 is 0. The maximum absolute atomic E-state index is 12.0. The summed E-state index contributed by atoms with van der Waals surface area (Å²) in [5.74, 6) is 0.251. The lowest BCUT2D eigenvalue weighted by Crippen LogP contribution is -2.26. The van der Waals surface area contributed by atoms with Gasteiger partial charge < -0.3 is 14.2 Å². The highest BCUT2D eigenvalue weighted by Gasteiger charge is 2.12. The van der Waals surface area contributed by atoms with Crippen molar-refractivity contribution in [2.24, 2.45) is 0 Å². The maximum atomic E-state index is 12.0. The van der Waals surface area contributed by atoms with Crippen molar-refractivity contribution in [1.82, 2.24) is 9.88 Å². The van der Waals surface area contributed by atoms with Crippen molar-refractivity contribution in [1.29, 1.82) is 0 Å². The van der Waals surface area contributed by atoms with E-state index in [1.807, 2.05) is 31.2 Å². The highest BCUT2D eigenvalue weighted by Crippen LogP contribution is 2.14. The van der Waals surface area contributed by atoms with Gasteiger partial charge in [-0.1, -0.05) is 12.1 Å². The summed E-state index contributed by atoms with van der Waals surface area (Å²) in [5, 5.41) is 2.87. The molecule has 6 nitrogen and oxygen atoms in total. The number of aryl methyl sites for hydroxylation is 1. The van der Waals surface area contributed by atoms with E-state index in [-0.39, 0.29) is 11.9 Å². The third-order valence-corrected chi connectivity index (χ3v) is 3.71. The minimum Gasteiger partial charge on any atom is -0.467 e. The van der Waals surface area contributed by atoms with E-state index in [1.165, 1.54) is 0 Å². The first-order valence-electron chi connectivity index (χ1n) is 7.56. The lowest BCUT2D eigenvalue weighted by Gasteiger charge is -2.11. The number of hydrogen-bond acceptors (Lipinski definition) is 4. The van der Waals surface area contributed by atoms with Crippen LogP contribution in [0.1, 0.15) is 31.6 Å². The number of amides is 1. The number of benzene rings is 1. The molecule has 1 atom stereocenters. The molecule has 0 unspecified atom stereocenters. The van der Waals surface area contributed by atoms with E-state index in [0.29, 0.717) is 25.0 Å². The van der Waals surface area contributed by atoms with E-state index in [1.54, 1.807) is 23.0 Å². The molecule has 0 saturated heterocycles. The first kappa shape index (κ1) is 15.1. The molecule has 1 amide bonds. The van der Waals surface area contributed by atoms with Gasteiger partial charge in [-0.3, -0.25) is 9.36 Å². The number of aromatic nitrogens is 1. The van der Waals surface area contributed by atoms with Crippen molar-refractivity contribution in [2.75, 3.05) is 0 Å². The Morgan fingerprint density at radius 3 is 2.87 bits per heavy atom. The first-order chi connectivity index (χ1) is 11.1. The Hall–Kier alpha value is -2.76. The van der Waals surface area contributed by atoms with Crippen LogP contribution in [-0.2, 0) is 11.3 Å². The van der Waals surface area contributed by atoms with Crippen molar-refractivity contribution in [3.05, 3.63) is 59.0 Å². The Labute approximate surface area is 132 Å². The molecule has 0 fully saturated rings. The summed E-state index contributed by atoms with van der Waals surface area (Å²) < 4.78 is 12.0. The predicted molar refractivity (Wildman–Crippen MR) is 85.0 cm³/mol. The van der Waals surface area contributed by atoms with Crippen molar-refractivity contribution in [3.63, 3.8) is 0 Å². The Morgan fingerprint density at radius 1 is 1.26 bits per heavy atom. The maximum Gasteiger partial charge on any atom is 0.419 e. The fraction of sp³-hybridized carbons (Fsp3) is 0.294. The van der Waals surface area contributed by atoms with E-state index < -0.39 is 5.76 Å². The lowest BCUT2D eigenvalue weighted by atomic mass is 10.2. The Bertz CT molecular complexity index is 845. The number of nitrogens with one attached hydrogen (secondary N) is 1. The number of furan rings is 1. The normalized spacial score (nSPS) is 12.4. The quantitative estimate of drug-likeness (QED) is 0.759. The van der Waals surface area contributed by atoms with Gasteiger partial charge in [0.05, 0.1) is 17.8 Å². The molecule has 1 N–H and O–H groups in total. The van der Waals surface area contributed by atoms with Crippen LogP contribution in [0.3, 0.4) is 0 Å². The molecule has 120 valence electrons. The third-order valence-electron chi connectivity index (χ3n) is 3.71. The van der Waals surface area contributed by atoms with Crippen LogP contribution < -0.4 is 11.1 Å². The number of carbonyl (C=O) groups is 1. The van der Waals surface area contributed by atoms with Crippen LogP contribution in [0.2, 0.25) is 0 Å². The van der Waals surface area contributed by atoms with Gasteiger partial charge in [-0.15, -0.1) is 0 Å². The van der Waals surface area contributed by atoms with Crippen LogP contribution in [-0.4, -0.2) is 10.5 Å². The predicted octanol–water partition coefficient (Wildman–Crippen LogP) is 2.85. The second-order valence-corrected chi connectivity index (χ2v) is 5.40. The van der Waals surface area contributed by atoms with Crippen LogP contribution >= 0.6 is 0 Å². The third kappa shape index (κ3) is 3.36. The Balaban J connectivity index is 1.55. The largest absolute Gasteiger partial charge is 0.467 e. The smallest absolute Gasteiger partial charge is 0.419 e. The molecule has 23 heavy (non-hydrogen) atoms. The molecule has 0 radical (unpaired) electrons. The zero-order chi connectivity index (χ0) is 16.2. The van der Waals surface area contributed by atoms with Gasteiger partial charge in [0.1, 0.15) is 5.76 Å². The average Bonchev–Trinajstić information content (AvgIpc) is 3.16. The number of hydrogen-bond donors (Lipinski definition) is 1. The SMILES string of the molecule is C[C@H](NC(=O)CCCn1c(=O)oc2ccccc21)c1ccco1. The molecule has 0 aliphatic carbocycles. The topological polar surface area (TPSA) is 77.4 Å². The van der Waals surface area contributed by atoms with Gasteiger partial charge >= 0.3 is 5.76 Å². The number of nitrogens with zero attached hydrogens (tertiary/aromatic N) is 1. The summed E-state index contributed by atoms with van der Waals surface area (Å²) in [5.41, 5.74) is 1.32. The minimum absolute atomic E-state index is 0.0743. The molecule has 2 aromatic heterocycles. The molecule has 1 aromatic carbocycles. The highest BCUT2D eigenvalue weighted by atomic mass is 16.4. The molecular formula is C17H18N2O4. The van der Waals surface area contributed by atoms with E-state index in [0.717, 1.165) is 11.3 Å². The van der Waals surface area contributed by atoms with Crippen molar-refractivity contribution in [3.8, 4) is 0 Å². The first-order valence-corrected chi connectivity index (χ1v) is 7.56. The average molecular weight is 314 g/mol. The van der Waals surface area contributed by atoms with E-state index >= 15 is 0 Å². The standard InChI is InChI=1S/C17H18N2O4/c1-12(14-8-5-11-22-14)18-16(20)9-4-10-19-13-6-2-3-7-15(13)23-17(19)21/h2-3,5-8,11-12H,4,9-10H2,1H3,(H,18,20)/t12-/m0/s1. The van der Waals surface area contributed by atoms with Crippen LogP contribution in [0, 0.1) is 0 Å². The summed E-state index contributed by atoms with van der Waals surface area (Å²) in [6.07, 6.45) is 2.46. The van der Waals surface area contributed by atoms with Crippen molar-refractivity contribution >= 4 is 17.0 Å². The Morgan fingerprint density at radius 2 is 2.09 bits per heavy atom.